The quantitative estimate of drug-likeness (QED) is 0.773. The van der Waals surface area contributed by atoms with E-state index in [1.807, 2.05) is 23.8 Å². The Hall–Kier alpha value is -1.60. The van der Waals surface area contributed by atoms with Gasteiger partial charge < -0.3 is 20.4 Å². The van der Waals surface area contributed by atoms with Crippen LogP contribution < -0.4 is 5.32 Å². The van der Waals surface area contributed by atoms with Gasteiger partial charge in [0, 0.05) is 13.0 Å². The largest absolute Gasteiger partial charge is 0.480 e. The van der Waals surface area contributed by atoms with Gasteiger partial charge in [-0.05, 0) is 29.3 Å². The van der Waals surface area contributed by atoms with Gasteiger partial charge in [-0.1, -0.05) is 0 Å². The van der Waals surface area contributed by atoms with Crippen LogP contribution in [-0.4, -0.2) is 45.8 Å². The molecule has 2 amide bonds. The molecule has 7 heteroatoms. The molecule has 0 radical (unpaired) electrons. The molecule has 0 bridgehead atoms. The molecule has 1 aliphatic heterocycles. The first-order chi connectivity index (χ1) is 8.99. The number of aliphatic hydroxyl groups excluding tert-OH is 1. The van der Waals surface area contributed by atoms with E-state index < -0.39 is 24.1 Å². The topological polar surface area (TPSA) is 89.9 Å². The maximum absolute atomic E-state index is 12.1. The Labute approximate surface area is 114 Å². The van der Waals surface area contributed by atoms with Crippen LogP contribution in [0.1, 0.15) is 24.9 Å². The smallest absolute Gasteiger partial charge is 0.326 e. The predicted molar refractivity (Wildman–Crippen MR) is 70.0 cm³/mol. The third kappa shape index (κ3) is 3.05. The molecule has 1 fully saturated rings. The average molecular weight is 284 g/mol. The molecule has 0 aliphatic carbocycles. The van der Waals surface area contributed by atoms with Crippen LogP contribution in [0.25, 0.3) is 0 Å². The number of amides is 2. The first-order valence-electron chi connectivity index (χ1n) is 5.99. The molecule has 19 heavy (non-hydrogen) atoms. The van der Waals surface area contributed by atoms with Crippen LogP contribution in [-0.2, 0) is 4.79 Å². The zero-order valence-electron chi connectivity index (χ0n) is 10.4. The predicted octanol–water partition coefficient (Wildman–Crippen LogP) is 1.04. The van der Waals surface area contributed by atoms with Crippen LogP contribution >= 0.6 is 11.3 Å². The maximum atomic E-state index is 12.1. The number of carbonyl (C=O) groups is 2. The molecule has 0 spiro atoms. The lowest BCUT2D eigenvalue weighted by Gasteiger charge is -2.23. The number of hydrogen-bond donors (Lipinski definition) is 3. The maximum Gasteiger partial charge on any atom is 0.326 e. The van der Waals surface area contributed by atoms with Gasteiger partial charge in [0.05, 0.1) is 12.1 Å². The van der Waals surface area contributed by atoms with E-state index in [0.717, 1.165) is 5.56 Å². The van der Waals surface area contributed by atoms with Crippen LogP contribution in [0, 0.1) is 0 Å². The van der Waals surface area contributed by atoms with E-state index in [4.69, 9.17) is 5.11 Å². The minimum absolute atomic E-state index is 0.0547. The molecule has 2 heterocycles. The summed E-state index contributed by atoms with van der Waals surface area (Å²) < 4.78 is 0. The monoisotopic (exact) mass is 284 g/mol. The van der Waals surface area contributed by atoms with E-state index in [0.29, 0.717) is 0 Å². The summed E-state index contributed by atoms with van der Waals surface area (Å²) in [4.78, 5) is 24.3. The zero-order valence-corrected chi connectivity index (χ0v) is 11.3. The standard InChI is InChI=1S/C12H16N2O4S/c1-7(8-2-3-19-6-8)13-12(18)14-5-9(15)4-10(14)11(16)17/h2-3,6-7,9-10,15H,4-5H2,1H3,(H,13,18)(H,16,17)/t7?,9-,10-/m0/s1. The van der Waals surface area contributed by atoms with Gasteiger partial charge in [0.1, 0.15) is 6.04 Å². The fraction of sp³-hybridized carbons (Fsp3) is 0.500. The molecule has 104 valence electrons. The lowest BCUT2D eigenvalue weighted by atomic mass is 10.2. The van der Waals surface area contributed by atoms with Crippen LogP contribution in [0.3, 0.4) is 0 Å². The van der Waals surface area contributed by atoms with E-state index in [1.165, 1.54) is 16.2 Å². The molecular formula is C12H16N2O4S. The van der Waals surface area contributed by atoms with Crippen molar-refractivity contribution in [3.05, 3.63) is 22.4 Å². The lowest BCUT2D eigenvalue weighted by Crippen LogP contribution is -2.46. The van der Waals surface area contributed by atoms with E-state index in [1.54, 1.807) is 0 Å². The first-order valence-corrected chi connectivity index (χ1v) is 6.93. The van der Waals surface area contributed by atoms with Crippen molar-refractivity contribution >= 4 is 23.3 Å². The highest BCUT2D eigenvalue weighted by Crippen LogP contribution is 2.20. The summed E-state index contributed by atoms with van der Waals surface area (Å²) in [6, 6.07) is 0.307. The highest BCUT2D eigenvalue weighted by molar-refractivity contribution is 7.07. The highest BCUT2D eigenvalue weighted by atomic mass is 32.1. The number of thiophene rings is 1. The number of nitrogens with zero attached hydrogens (tertiary/aromatic N) is 1. The van der Waals surface area contributed by atoms with Crippen LogP contribution in [0.15, 0.2) is 16.8 Å². The lowest BCUT2D eigenvalue weighted by molar-refractivity contribution is -0.141. The molecule has 1 aromatic rings. The van der Waals surface area contributed by atoms with Gasteiger partial charge in [0.15, 0.2) is 0 Å². The van der Waals surface area contributed by atoms with Crippen molar-refractivity contribution in [1.29, 1.82) is 0 Å². The van der Waals surface area contributed by atoms with Crippen molar-refractivity contribution in [2.24, 2.45) is 0 Å². The number of carboxylic acids is 1. The summed E-state index contributed by atoms with van der Waals surface area (Å²) >= 11 is 1.53. The van der Waals surface area contributed by atoms with Gasteiger partial charge in [-0.25, -0.2) is 9.59 Å². The summed E-state index contributed by atoms with van der Waals surface area (Å²) in [5.41, 5.74) is 0.977. The molecule has 0 saturated carbocycles. The number of aliphatic hydroxyl groups is 1. The van der Waals surface area contributed by atoms with Gasteiger partial charge in [0.25, 0.3) is 0 Å². The molecule has 2 rings (SSSR count). The van der Waals surface area contributed by atoms with Gasteiger partial charge in [0.2, 0.25) is 0 Å². The van der Waals surface area contributed by atoms with Gasteiger partial charge >= 0.3 is 12.0 Å². The fourth-order valence-electron chi connectivity index (χ4n) is 2.15. The second kappa shape index (κ2) is 5.58. The zero-order chi connectivity index (χ0) is 14.0. The minimum Gasteiger partial charge on any atom is -0.480 e. The Bertz CT molecular complexity index is 462. The van der Waals surface area contributed by atoms with Crippen molar-refractivity contribution in [1.82, 2.24) is 10.2 Å². The third-order valence-corrected chi connectivity index (χ3v) is 3.91. The van der Waals surface area contributed by atoms with Crippen LogP contribution in [0.2, 0.25) is 0 Å². The minimum atomic E-state index is -1.09. The van der Waals surface area contributed by atoms with E-state index in [9.17, 15) is 14.7 Å². The number of aliphatic carboxylic acids is 1. The second-order valence-corrected chi connectivity index (χ2v) is 5.40. The van der Waals surface area contributed by atoms with E-state index >= 15 is 0 Å². The number of β-amino-alcohol motifs (C(OH)–C–C–N with tert-alkyl or cyclic N) is 1. The highest BCUT2D eigenvalue weighted by Gasteiger charge is 2.39. The van der Waals surface area contributed by atoms with Crippen LogP contribution in [0.4, 0.5) is 4.79 Å². The third-order valence-electron chi connectivity index (χ3n) is 3.21. The first kappa shape index (κ1) is 13.8. The van der Waals surface area contributed by atoms with Gasteiger partial charge in [-0.15, -0.1) is 0 Å². The summed E-state index contributed by atoms with van der Waals surface area (Å²) in [5, 5.41) is 25.1. The second-order valence-electron chi connectivity index (χ2n) is 4.62. The van der Waals surface area contributed by atoms with Crippen molar-refractivity contribution < 1.29 is 19.8 Å². The SMILES string of the molecule is CC(NC(=O)N1C[C@@H](O)C[C@H]1C(=O)O)c1ccsc1. The Morgan fingerprint density at radius 3 is 2.89 bits per heavy atom. The summed E-state index contributed by atoms with van der Waals surface area (Å²) in [7, 11) is 0. The van der Waals surface area contributed by atoms with Crippen molar-refractivity contribution in [2.45, 2.75) is 31.5 Å². The summed E-state index contributed by atoms with van der Waals surface area (Å²) in [6.07, 6.45) is -0.696. The molecule has 1 aliphatic rings. The Morgan fingerprint density at radius 2 is 2.32 bits per heavy atom. The molecule has 3 atom stereocenters. The molecule has 1 unspecified atom stereocenters. The molecule has 3 N–H and O–H groups in total. The normalized spacial score (nSPS) is 24.2. The van der Waals surface area contributed by atoms with Crippen molar-refractivity contribution in [2.75, 3.05) is 6.54 Å². The molecule has 1 saturated heterocycles. The Morgan fingerprint density at radius 1 is 1.58 bits per heavy atom. The Balaban J connectivity index is 2.01. The molecule has 0 aromatic carbocycles. The van der Waals surface area contributed by atoms with E-state index in [2.05, 4.69) is 5.32 Å². The number of carbonyl (C=O) groups excluding carboxylic acids is 1. The number of carboxylic acid groups (broad SMARTS) is 1. The van der Waals surface area contributed by atoms with Gasteiger partial charge in [-0.3, -0.25) is 0 Å². The van der Waals surface area contributed by atoms with Crippen molar-refractivity contribution in [3.8, 4) is 0 Å². The van der Waals surface area contributed by atoms with E-state index in [-0.39, 0.29) is 19.0 Å². The van der Waals surface area contributed by atoms with Crippen LogP contribution in [0.5, 0.6) is 0 Å². The Kier molecular flexibility index (Phi) is 4.06. The van der Waals surface area contributed by atoms with Gasteiger partial charge in [-0.2, -0.15) is 11.3 Å². The molecule has 6 nitrogen and oxygen atoms in total. The number of rotatable bonds is 3. The summed E-state index contributed by atoms with van der Waals surface area (Å²) in [5.74, 6) is -1.09. The molecular weight excluding hydrogens is 268 g/mol. The molecule has 1 aromatic heterocycles. The average Bonchev–Trinajstić information content (AvgIpc) is 2.96. The fourth-order valence-corrected chi connectivity index (χ4v) is 2.90. The number of nitrogens with one attached hydrogen (secondary N) is 1. The summed E-state index contributed by atoms with van der Waals surface area (Å²) in [6.45, 7) is 1.89. The van der Waals surface area contributed by atoms with Crippen molar-refractivity contribution in [3.63, 3.8) is 0 Å². The number of likely N-dealkylation sites (tertiary alicyclic amines) is 1. The number of urea groups is 1. The number of hydrogen-bond acceptors (Lipinski definition) is 4.